The zero-order chi connectivity index (χ0) is 21.5. The van der Waals surface area contributed by atoms with Crippen LogP contribution in [0.15, 0.2) is 42.5 Å². The maximum absolute atomic E-state index is 13.1. The van der Waals surface area contributed by atoms with Crippen molar-refractivity contribution >= 4 is 11.9 Å². The number of carbonyl (C=O) groups is 2. The van der Waals surface area contributed by atoms with E-state index < -0.39 is 0 Å². The van der Waals surface area contributed by atoms with Gasteiger partial charge in [-0.2, -0.15) is 0 Å². The molecule has 2 aliphatic heterocycles. The minimum absolute atomic E-state index is 0.0534. The van der Waals surface area contributed by atoms with Crippen molar-refractivity contribution < 1.29 is 9.59 Å². The number of piperidine rings is 1. The number of likely N-dealkylation sites (tertiary alicyclic amines) is 1. The number of benzene rings is 2. The number of nitrogens with zero attached hydrogens (tertiary/aromatic N) is 3. The van der Waals surface area contributed by atoms with Crippen LogP contribution in [0.1, 0.15) is 45.5 Å². The number of aryl methyl sites for hydroxylation is 2. The van der Waals surface area contributed by atoms with Gasteiger partial charge in [-0.15, -0.1) is 0 Å². The van der Waals surface area contributed by atoms with Crippen LogP contribution in [0.3, 0.4) is 0 Å². The van der Waals surface area contributed by atoms with Crippen LogP contribution in [-0.4, -0.2) is 60.4 Å². The fraction of sp³-hybridized carbons (Fsp3) is 0.440. The zero-order valence-electron chi connectivity index (χ0n) is 18.4. The Labute approximate surface area is 179 Å². The highest BCUT2D eigenvalue weighted by Crippen LogP contribution is 2.42. The summed E-state index contributed by atoms with van der Waals surface area (Å²) in [6.07, 6.45) is 1.75. The second-order valence-electron chi connectivity index (χ2n) is 9.14. The predicted molar refractivity (Wildman–Crippen MR) is 119 cm³/mol. The molecule has 0 atom stereocenters. The molecule has 2 aromatic rings. The first-order chi connectivity index (χ1) is 14.3. The van der Waals surface area contributed by atoms with Gasteiger partial charge in [0, 0.05) is 51.3 Å². The largest absolute Gasteiger partial charge is 0.339 e. The van der Waals surface area contributed by atoms with E-state index >= 15 is 0 Å². The summed E-state index contributed by atoms with van der Waals surface area (Å²) in [4.78, 5) is 31.5. The Balaban J connectivity index is 1.57. The molecule has 4 rings (SSSR count). The van der Waals surface area contributed by atoms with E-state index in [4.69, 9.17) is 0 Å². The molecule has 2 aromatic carbocycles. The summed E-state index contributed by atoms with van der Waals surface area (Å²) in [7, 11) is 3.61. The van der Waals surface area contributed by atoms with Crippen LogP contribution in [0.4, 0.5) is 4.79 Å². The summed E-state index contributed by atoms with van der Waals surface area (Å²) < 4.78 is 0. The van der Waals surface area contributed by atoms with E-state index in [0.29, 0.717) is 26.2 Å². The molecule has 2 aliphatic rings. The van der Waals surface area contributed by atoms with Gasteiger partial charge < -0.3 is 14.7 Å². The summed E-state index contributed by atoms with van der Waals surface area (Å²) in [6.45, 7) is 6.86. The summed E-state index contributed by atoms with van der Waals surface area (Å²) in [6, 6.07) is 14.6. The first-order valence-corrected chi connectivity index (χ1v) is 10.7. The molecule has 0 aromatic heterocycles. The topological polar surface area (TPSA) is 43.9 Å². The second-order valence-corrected chi connectivity index (χ2v) is 9.14. The van der Waals surface area contributed by atoms with Crippen molar-refractivity contribution in [1.82, 2.24) is 14.7 Å². The van der Waals surface area contributed by atoms with Crippen LogP contribution in [0.25, 0.3) is 0 Å². The minimum atomic E-state index is -0.0835. The van der Waals surface area contributed by atoms with Crippen molar-refractivity contribution in [3.05, 3.63) is 70.3 Å². The third kappa shape index (κ3) is 3.69. The molecule has 3 amide bonds. The standard InChI is InChI=1S/C25H31N3O2/c1-18-13-19(2)15-21(14-18)23(29)27-11-9-25(10-12-27)17-28(24(30)26(3)4)16-20-7-5-6-8-22(20)25/h5-8,13-15H,9-12,16-17H2,1-4H3. The fourth-order valence-electron chi connectivity index (χ4n) is 5.15. The Morgan fingerprint density at radius 1 is 0.933 bits per heavy atom. The Bertz CT molecular complexity index is 954. The molecular formula is C25H31N3O2. The molecule has 2 heterocycles. The van der Waals surface area contributed by atoms with Gasteiger partial charge in [-0.05, 0) is 49.9 Å². The predicted octanol–water partition coefficient (Wildman–Crippen LogP) is 3.97. The number of amides is 3. The number of fused-ring (bicyclic) bond motifs is 2. The molecular weight excluding hydrogens is 374 g/mol. The molecule has 5 heteroatoms. The van der Waals surface area contributed by atoms with Gasteiger partial charge >= 0.3 is 6.03 Å². The van der Waals surface area contributed by atoms with Crippen molar-refractivity contribution in [2.45, 2.75) is 38.6 Å². The first-order valence-electron chi connectivity index (χ1n) is 10.7. The van der Waals surface area contributed by atoms with Gasteiger partial charge in [0.25, 0.3) is 5.91 Å². The van der Waals surface area contributed by atoms with E-state index in [9.17, 15) is 9.59 Å². The Hall–Kier alpha value is -2.82. The molecule has 0 N–H and O–H groups in total. The molecule has 0 saturated carbocycles. The minimum Gasteiger partial charge on any atom is -0.339 e. The lowest BCUT2D eigenvalue weighted by atomic mass is 9.69. The summed E-state index contributed by atoms with van der Waals surface area (Å²) in [5.74, 6) is 0.113. The molecule has 0 bridgehead atoms. The second kappa shape index (κ2) is 7.78. The molecule has 1 fully saturated rings. The van der Waals surface area contributed by atoms with Crippen LogP contribution >= 0.6 is 0 Å². The van der Waals surface area contributed by atoms with E-state index in [1.54, 1.807) is 19.0 Å². The maximum Gasteiger partial charge on any atom is 0.319 e. The monoisotopic (exact) mass is 405 g/mol. The zero-order valence-corrected chi connectivity index (χ0v) is 18.4. The smallest absolute Gasteiger partial charge is 0.319 e. The Morgan fingerprint density at radius 3 is 2.20 bits per heavy atom. The highest BCUT2D eigenvalue weighted by molar-refractivity contribution is 5.94. The summed E-state index contributed by atoms with van der Waals surface area (Å²) in [5.41, 5.74) is 5.51. The van der Waals surface area contributed by atoms with Crippen molar-refractivity contribution in [3.63, 3.8) is 0 Å². The van der Waals surface area contributed by atoms with Gasteiger partial charge in [0.1, 0.15) is 0 Å². The van der Waals surface area contributed by atoms with E-state index in [2.05, 4.69) is 30.3 Å². The highest BCUT2D eigenvalue weighted by Gasteiger charge is 2.44. The van der Waals surface area contributed by atoms with Crippen molar-refractivity contribution in [1.29, 1.82) is 0 Å². The van der Waals surface area contributed by atoms with Crippen LogP contribution < -0.4 is 0 Å². The molecule has 0 aliphatic carbocycles. The Kier molecular flexibility index (Phi) is 5.31. The lowest BCUT2D eigenvalue weighted by molar-refractivity contribution is 0.0605. The highest BCUT2D eigenvalue weighted by atomic mass is 16.2. The van der Waals surface area contributed by atoms with E-state index in [0.717, 1.165) is 29.5 Å². The van der Waals surface area contributed by atoms with Gasteiger partial charge in [-0.25, -0.2) is 4.79 Å². The average Bonchev–Trinajstić information content (AvgIpc) is 2.72. The third-order valence-electron chi connectivity index (χ3n) is 6.57. The van der Waals surface area contributed by atoms with Crippen LogP contribution in [0.2, 0.25) is 0 Å². The molecule has 5 nitrogen and oxygen atoms in total. The molecule has 158 valence electrons. The molecule has 0 radical (unpaired) electrons. The van der Waals surface area contributed by atoms with Gasteiger partial charge in [0.15, 0.2) is 0 Å². The number of urea groups is 1. The van der Waals surface area contributed by atoms with Crippen LogP contribution in [0.5, 0.6) is 0 Å². The number of carbonyl (C=O) groups excluding carboxylic acids is 2. The van der Waals surface area contributed by atoms with Crippen LogP contribution in [0, 0.1) is 13.8 Å². The summed E-state index contributed by atoms with van der Waals surface area (Å²) >= 11 is 0. The average molecular weight is 406 g/mol. The van der Waals surface area contributed by atoms with Gasteiger partial charge in [0.05, 0.1) is 0 Å². The van der Waals surface area contributed by atoms with E-state index in [-0.39, 0.29) is 17.4 Å². The normalized spacial score (nSPS) is 17.6. The lowest BCUT2D eigenvalue weighted by Crippen LogP contribution is -2.55. The van der Waals surface area contributed by atoms with Crippen molar-refractivity contribution in [2.75, 3.05) is 33.7 Å². The van der Waals surface area contributed by atoms with Gasteiger partial charge in [0.2, 0.25) is 0 Å². The number of rotatable bonds is 1. The van der Waals surface area contributed by atoms with Crippen LogP contribution in [-0.2, 0) is 12.0 Å². The van der Waals surface area contributed by atoms with Crippen molar-refractivity contribution in [3.8, 4) is 0 Å². The number of hydrogen-bond acceptors (Lipinski definition) is 2. The lowest BCUT2D eigenvalue weighted by Gasteiger charge is -2.49. The Morgan fingerprint density at radius 2 is 1.57 bits per heavy atom. The van der Waals surface area contributed by atoms with Gasteiger partial charge in [-0.1, -0.05) is 41.5 Å². The van der Waals surface area contributed by atoms with E-state index in [1.165, 1.54) is 11.1 Å². The molecule has 1 saturated heterocycles. The maximum atomic E-state index is 13.1. The molecule has 30 heavy (non-hydrogen) atoms. The quantitative estimate of drug-likeness (QED) is 0.720. The summed E-state index contributed by atoms with van der Waals surface area (Å²) in [5, 5.41) is 0. The van der Waals surface area contributed by atoms with Crippen molar-refractivity contribution in [2.24, 2.45) is 0 Å². The number of hydrogen-bond donors (Lipinski definition) is 0. The molecule has 0 unspecified atom stereocenters. The fourth-order valence-corrected chi connectivity index (χ4v) is 5.15. The third-order valence-corrected chi connectivity index (χ3v) is 6.57. The first kappa shape index (κ1) is 20.5. The van der Waals surface area contributed by atoms with E-state index in [1.807, 2.05) is 35.8 Å². The SMILES string of the molecule is Cc1cc(C)cc(C(=O)N2CCC3(CC2)CN(C(=O)N(C)C)Cc2ccccc23)c1. The van der Waals surface area contributed by atoms with Gasteiger partial charge in [-0.3, -0.25) is 4.79 Å². The molecule has 1 spiro atoms.